The summed E-state index contributed by atoms with van der Waals surface area (Å²) in [5.41, 5.74) is 9.76. The van der Waals surface area contributed by atoms with Crippen molar-refractivity contribution in [2.24, 2.45) is 4.99 Å². The van der Waals surface area contributed by atoms with E-state index in [2.05, 4.69) is 46.5 Å². The molecule has 1 aliphatic heterocycles. The van der Waals surface area contributed by atoms with Gasteiger partial charge in [0.05, 0.1) is 11.4 Å². The van der Waals surface area contributed by atoms with E-state index in [0.29, 0.717) is 0 Å². The molecule has 2 heteroatoms. The van der Waals surface area contributed by atoms with Gasteiger partial charge in [-0.1, -0.05) is 0 Å². The first-order valence-electron chi connectivity index (χ1n) is 6.10. The highest BCUT2D eigenvalue weighted by molar-refractivity contribution is 6.04. The van der Waals surface area contributed by atoms with Crippen LogP contribution in [0.25, 0.3) is 0 Å². The van der Waals surface area contributed by atoms with Crippen molar-refractivity contribution in [3.05, 3.63) is 39.3 Å². The van der Waals surface area contributed by atoms with Crippen LogP contribution in [0.4, 0.5) is 0 Å². The third-order valence-corrected chi connectivity index (χ3v) is 3.93. The number of hydrogen-bond acceptors (Lipinski definition) is 2. The molecule has 1 aromatic rings. The highest BCUT2D eigenvalue weighted by Crippen LogP contribution is 2.26. The second-order valence-corrected chi connectivity index (χ2v) is 5.02. The minimum absolute atomic E-state index is 0.946. The van der Waals surface area contributed by atoms with Gasteiger partial charge in [-0.3, -0.25) is 9.98 Å². The van der Waals surface area contributed by atoms with E-state index in [-0.39, 0.29) is 0 Å². The zero-order valence-electron chi connectivity index (χ0n) is 11.6. The van der Waals surface area contributed by atoms with Gasteiger partial charge in [-0.05, 0) is 63.8 Å². The second-order valence-electron chi connectivity index (χ2n) is 5.02. The Labute approximate surface area is 104 Å². The van der Waals surface area contributed by atoms with E-state index in [1.165, 1.54) is 22.3 Å². The van der Waals surface area contributed by atoms with Crippen LogP contribution < -0.4 is 0 Å². The molecule has 90 valence electrons. The normalized spacial score (nSPS) is 15.5. The van der Waals surface area contributed by atoms with Crippen LogP contribution in [0.2, 0.25) is 0 Å². The Morgan fingerprint density at radius 3 is 2.00 bits per heavy atom. The van der Waals surface area contributed by atoms with Crippen molar-refractivity contribution in [3.63, 3.8) is 0 Å². The molecule has 1 aromatic heterocycles. The fourth-order valence-corrected chi connectivity index (χ4v) is 2.20. The van der Waals surface area contributed by atoms with Crippen molar-refractivity contribution in [1.82, 2.24) is 4.98 Å². The zero-order chi connectivity index (χ0) is 12.7. The van der Waals surface area contributed by atoms with Crippen LogP contribution in [-0.2, 0) is 0 Å². The number of allylic oxidation sites excluding steroid dienone is 2. The molecule has 17 heavy (non-hydrogen) atoms. The average molecular weight is 228 g/mol. The molecule has 2 nitrogen and oxygen atoms in total. The smallest absolute Gasteiger partial charge is 0.0883 e. The van der Waals surface area contributed by atoms with E-state index in [9.17, 15) is 0 Å². The summed E-state index contributed by atoms with van der Waals surface area (Å²) >= 11 is 0. The van der Waals surface area contributed by atoms with Crippen molar-refractivity contribution in [1.29, 1.82) is 0 Å². The topological polar surface area (TPSA) is 25.2 Å². The van der Waals surface area contributed by atoms with Crippen molar-refractivity contribution in [2.75, 3.05) is 0 Å². The summed E-state index contributed by atoms with van der Waals surface area (Å²) < 4.78 is 0. The molecule has 0 aliphatic carbocycles. The predicted octanol–water partition coefficient (Wildman–Crippen LogP) is 3.80. The Morgan fingerprint density at radius 2 is 1.47 bits per heavy atom. The van der Waals surface area contributed by atoms with Crippen LogP contribution in [0.1, 0.15) is 48.3 Å². The maximum absolute atomic E-state index is 4.73. The van der Waals surface area contributed by atoms with Crippen LogP contribution in [0, 0.1) is 27.7 Å². The molecule has 0 amide bonds. The Hall–Kier alpha value is -1.44. The second kappa shape index (κ2) is 4.10. The lowest BCUT2D eigenvalue weighted by atomic mass is 9.98. The van der Waals surface area contributed by atoms with Crippen LogP contribution in [0.5, 0.6) is 0 Å². The van der Waals surface area contributed by atoms with Gasteiger partial charge >= 0.3 is 0 Å². The number of nitrogens with zero attached hydrogens (tertiary/aromatic N) is 2. The molecule has 0 bridgehead atoms. The molecular formula is C15H20N2. The largest absolute Gasteiger partial charge is 0.256 e. The quantitative estimate of drug-likeness (QED) is 0.717. The molecule has 0 saturated carbocycles. The third-order valence-electron chi connectivity index (χ3n) is 3.93. The molecule has 0 aromatic carbocycles. The Kier molecular flexibility index (Phi) is 2.90. The van der Waals surface area contributed by atoms with Gasteiger partial charge < -0.3 is 0 Å². The zero-order valence-corrected chi connectivity index (χ0v) is 11.6. The Bertz CT molecular complexity index is 549. The highest BCUT2D eigenvalue weighted by atomic mass is 14.8. The molecule has 0 N–H and O–H groups in total. The summed E-state index contributed by atoms with van der Waals surface area (Å²) in [6.45, 7) is 12.8. The summed E-state index contributed by atoms with van der Waals surface area (Å²) in [5, 5.41) is 0. The van der Waals surface area contributed by atoms with E-state index >= 15 is 0 Å². The number of aliphatic imine (C=N–C) groups is 1. The molecule has 2 rings (SSSR count). The van der Waals surface area contributed by atoms with Crippen LogP contribution in [0.3, 0.4) is 0 Å². The van der Waals surface area contributed by atoms with Gasteiger partial charge in [0.2, 0.25) is 0 Å². The highest BCUT2D eigenvalue weighted by Gasteiger charge is 2.18. The lowest BCUT2D eigenvalue weighted by molar-refractivity contribution is 1.07. The average Bonchev–Trinajstić information content (AvgIpc) is 2.61. The van der Waals surface area contributed by atoms with Crippen molar-refractivity contribution in [2.45, 2.75) is 48.0 Å². The minimum Gasteiger partial charge on any atom is -0.256 e. The number of hydrogen-bond donors (Lipinski definition) is 0. The first kappa shape index (κ1) is 12.0. The fraction of sp³-hybridized carbons (Fsp3) is 0.467. The summed E-state index contributed by atoms with van der Waals surface area (Å²) in [6, 6.07) is 0. The van der Waals surface area contributed by atoms with Gasteiger partial charge in [0, 0.05) is 17.8 Å². The number of rotatable bonds is 1. The molecule has 0 radical (unpaired) electrons. The molecule has 0 saturated heterocycles. The molecule has 2 heterocycles. The fourth-order valence-electron chi connectivity index (χ4n) is 2.20. The van der Waals surface area contributed by atoms with Gasteiger partial charge in [-0.25, -0.2) is 0 Å². The van der Waals surface area contributed by atoms with Crippen molar-refractivity contribution < 1.29 is 0 Å². The number of aromatic nitrogens is 1. The Balaban J connectivity index is 2.53. The first-order chi connectivity index (χ1) is 7.91. The number of pyridine rings is 1. The van der Waals surface area contributed by atoms with E-state index in [4.69, 9.17) is 4.98 Å². The van der Waals surface area contributed by atoms with Crippen LogP contribution in [0.15, 0.2) is 16.3 Å². The molecule has 0 spiro atoms. The van der Waals surface area contributed by atoms with Crippen molar-refractivity contribution >= 4 is 5.71 Å². The molecule has 0 unspecified atom stereocenters. The van der Waals surface area contributed by atoms with Gasteiger partial charge in [-0.2, -0.15) is 0 Å². The summed E-state index contributed by atoms with van der Waals surface area (Å²) in [6.07, 6.45) is 0.946. The lowest BCUT2D eigenvalue weighted by Gasteiger charge is -2.13. The van der Waals surface area contributed by atoms with E-state index in [1.807, 2.05) is 0 Å². The minimum atomic E-state index is 0.946. The van der Waals surface area contributed by atoms with E-state index in [0.717, 1.165) is 29.2 Å². The molecular weight excluding hydrogens is 208 g/mol. The first-order valence-corrected chi connectivity index (χ1v) is 6.10. The van der Waals surface area contributed by atoms with Gasteiger partial charge in [0.25, 0.3) is 0 Å². The lowest BCUT2D eigenvalue weighted by Crippen LogP contribution is -2.09. The van der Waals surface area contributed by atoms with Gasteiger partial charge in [-0.15, -0.1) is 0 Å². The number of aryl methyl sites for hydroxylation is 1. The summed E-state index contributed by atoms with van der Waals surface area (Å²) in [5.74, 6) is 0. The standard InChI is InChI=1S/C15H20N2/c1-8-7-14(16-12(8)5)15-11(4)9(2)10(3)13(6)17-15/h7H2,1-6H3. The van der Waals surface area contributed by atoms with E-state index in [1.54, 1.807) is 0 Å². The van der Waals surface area contributed by atoms with Gasteiger partial charge in [0.15, 0.2) is 0 Å². The van der Waals surface area contributed by atoms with Crippen LogP contribution in [-0.4, -0.2) is 10.7 Å². The molecule has 1 aliphatic rings. The maximum Gasteiger partial charge on any atom is 0.0883 e. The maximum atomic E-state index is 4.73. The van der Waals surface area contributed by atoms with E-state index < -0.39 is 0 Å². The van der Waals surface area contributed by atoms with Crippen LogP contribution >= 0.6 is 0 Å². The predicted molar refractivity (Wildman–Crippen MR) is 72.7 cm³/mol. The summed E-state index contributed by atoms with van der Waals surface area (Å²) in [4.78, 5) is 9.37. The SMILES string of the molecule is CC1=C(C)N=C(c2nc(C)c(C)c(C)c2C)C1. The summed E-state index contributed by atoms with van der Waals surface area (Å²) in [7, 11) is 0. The third kappa shape index (κ3) is 1.92. The monoisotopic (exact) mass is 228 g/mol. The van der Waals surface area contributed by atoms with Crippen molar-refractivity contribution in [3.8, 4) is 0 Å². The Morgan fingerprint density at radius 1 is 0.824 bits per heavy atom. The molecule has 0 atom stereocenters. The van der Waals surface area contributed by atoms with Gasteiger partial charge in [0.1, 0.15) is 0 Å². The molecule has 0 fully saturated rings.